The maximum absolute atomic E-state index is 13.7. The summed E-state index contributed by atoms with van der Waals surface area (Å²) in [6.07, 6.45) is 0. The number of sulfonamides is 1. The summed E-state index contributed by atoms with van der Waals surface area (Å²) in [5, 5.41) is 0. The van der Waals surface area contributed by atoms with Gasteiger partial charge in [0, 0.05) is 13.6 Å². The summed E-state index contributed by atoms with van der Waals surface area (Å²) in [6.45, 7) is 2.18. The maximum atomic E-state index is 13.7. The van der Waals surface area contributed by atoms with Gasteiger partial charge in [0.25, 0.3) is 0 Å². The average molecular weight is 323 g/mol. The fourth-order valence-corrected chi connectivity index (χ4v) is 3.19. The number of rotatable bonds is 5. The third-order valence-electron chi connectivity index (χ3n) is 3.36. The molecule has 0 atom stereocenters. The van der Waals surface area contributed by atoms with Crippen molar-refractivity contribution in [2.24, 2.45) is 0 Å². The predicted octanol–water partition coefficient (Wildman–Crippen LogP) is 2.96. The molecule has 0 aliphatic carbocycles. The first-order valence-electron chi connectivity index (χ1n) is 6.70. The molecule has 0 fully saturated rings. The van der Waals surface area contributed by atoms with Gasteiger partial charge in [-0.15, -0.1) is 0 Å². The Morgan fingerprint density at radius 1 is 1.14 bits per heavy atom. The van der Waals surface area contributed by atoms with Gasteiger partial charge in [0.15, 0.2) is 11.6 Å². The Bertz CT molecular complexity index is 757. The molecule has 4 nitrogen and oxygen atoms in total. The van der Waals surface area contributed by atoms with E-state index in [9.17, 15) is 12.8 Å². The van der Waals surface area contributed by atoms with Crippen molar-refractivity contribution in [3.8, 4) is 5.75 Å². The molecule has 0 spiro atoms. The van der Waals surface area contributed by atoms with E-state index in [1.54, 1.807) is 0 Å². The van der Waals surface area contributed by atoms with Crippen LogP contribution in [-0.4, -0.2) is 26.9 Å². The molecule has 0 bridgehead atoms. The second kappa shape index (κ2) is 6.46. The summed E-state index contributed by atoms with van der Waals surface area (Å²) in [5.74, 6) is -0.688. The predicted molar refractivity (Wildman–Crippen MR) is 82.8 cm³/mol. The summed E-state index contributed by atoms with van der Waals surface area (Å²) in [5.41, 5.74) is 1.97. The van der Waals surface area contributed by atoms with E-state index in [2.05, 4.69) is 0 Å². The molecule has 0 N–H and O–H groups in total. The number of ether oxygens (including phenoxy) is 1. The molecule has 0 aromatic heterocycles. The van der Waals surface area contributed by atoms with Crippen molar-refractivity contribution in [2.75, 3.05) is 14.2 Å². The van der Waals surface area contributed by atoms with Gasteiger partial charge in [-0.1, -0.05) is 29.8 Å². The Morgan fingerprint density at radius 3 is 2.32 bits per heavy atom. The molecule has 0 heterocycles. The molecule has 0 saturated carbocycles. The zero-order chi connectivity index (χ0) is 16.3. The number of hydrogen-bond acceptors (Lipinski definition) is 3. The van der Waals surface area contributed by atoms with Gasteiger partial charge in [-0.25, -0.2) is 12.8 Å². The lowest BCUT2D eigenvalue weighted by molar-refractivity contribution is 0.385. The molecular weight excluding hydrogens is 305 g/mol. The summed E-state index contributed by atoms with van der Waals surface area (Å²) in [6, 6.07) is 11.2. The normalized spacial score (nSPS) is 11.7. The Hall–Kier alpha value is -1.92. The van der Waals surface area contributed by atoms with Crippen LogP contribution >= 0.6 is 0 Å². The molecule has 0 radical (unpaired) electrons. The van der Waals surface area contributed by atoms with Crippen LogP contribution < -0.4 is 4.74 Å². The van der Waals surface area contributed by atoms with Gasteiger partial charge < -0.3 is 4.74 Å². The second-order valence-electron chi connectivity index (χ2n) is 5.04. The SMILES string of the molecule is COc1ccc(S(=O)(=O)N(C)Cc2ccc(C)cc2)cc1F. The van der Waals surface area contributed by atoms with Gasteiger partial charge in [-0.2, -0.15) is 4.31 Å². The van der Waals surface area contributed by atoms with Crippen LogP contribution in [0.4, 0.5) is 4.39 Å². The van der Waals surface area contributed by atoms with E-state index in [1.807, 2.05) is 31.2 Å². The lowest BCUT2D eigenvalue weighted by atomic mass is 10.1. The number of benzene rings is 2. The standard InChI is InChI=1S/C16H18FNO3S/c1-12-4-6-13(7-5-12)11-18(2)22(19,20)14-8-9-16(21-3)15(17)10-14/h4-10H,11H2,1-3H3. The van der Waals surface area contributed by atoms with E-state index in [4.69, 9.17) is 4.74 Å². The van der Waals surface area contributed by atoms with Gasteiger partial charge in [0.05, 0.1) is 12.0 Å². The molecule has 2 aromatic rings. The minimum Gasteiger partial charge on any atom is -0.494 e. The summed E-state index contributed by atoms with van der Waals surface area (Å²) in [4.78, 5) is -0.0968. The monoisotopic (exact) mass is 323 g/mol. The van der Waals surface area contributed by atoms with Crippen LogP contribution in [0.3, 0.4) is 0 Å². The highest BCUT2D eigenvalue weighted by atomic mass is 32.2. The average Bonchev–Trinajstić information content (AvgIpc) is 2.49. The van der Waals surface area contributed by atoms with Crippen LogP contribution in [0.5, 0.6) is 5.75 Å². The highest BCUT2D eigenvalue weighted by Crippen LogP contribution is 2.23. The van der Waals surface area contributed by atoms with Crippen molar-refractivity contribution < 1.29 is 17.5 Å². The van der Waals surface area contributed by atoms with Crippen LogP contribution in [0, 0.1) is 12.7 Å². The van der Waals surface area contributed by atoms with Gasteiger partial charge in [-0.05, 0) is 30.7 Å². The van der Waals surface area contributed by atoms with Crippen molar-refractivity contribution in [1.29, 1.82) is 0 Å². The van der Waals surface area contributed by atoms with Gasteiger partial charge >= 0.3 is 0 Å². The number of hydrogen-bond donors (Lipinski definition) is 0. The van der Waals surface area contributed by atoms with Crippen molar-refractivity contribution in [2.45, 2.75) is 18.4 Å². The third kappa shape index (κ3) is 3.45. The van der Waals surface area contributed by atoms with Crippen molar-refractivity contribution >= 4 is 10.0 Å². The van der Waals surface area contributed by atoms with Crippen LogP contribution in [0.25, 0.3) is 0 Å². The van der Waals surface area contributed by atoms with E-state index in [1.165, 1.54) is 30.6 Å². The number of methoxy groups -OCH3 is 1. The third-order valence-corrected chi connectivity index (χ3v) is 5.16. The van der Waals surface area contributed by atoms with Crippen molar-refractivity contribution in [3.05, 3.63) is 59.4 Å². The first kappa shape index (κ1) is 16.5. The molecule has 0 saturated heterocycles. The van der Waals surface area contributed by atoms with Crippen LogP contribution in [0.15, 0.2) is 47.4 Å². The van der Waals surface area contributed by atoms with Gasteiger partial charge in [0.1, 0.15) is 0 Å². The Kier molecular flexibility index (Phi) is 4.83. The van der Waals surface area contributed by atoms with E-state index in [-0.39, 0.29) is 17.2 Å². The smallest absolute Gasteiger partial charge is 0.243 e. The molecule has 6 heteroatoms. The van der Waals surface area contributed by atoms with Gasteiger partial charge in [-0.3, -0.25) is 0 Å². The lowest BCUT2D eigenvalue weighted by Gasteiger charge is -2.18. The first-order chi connectivity index (χ1) is 10.3. The summed E-state index contributed by atoms with van der Waals surface area (Å²) >= 11 is 0. The highest BCUT2D eigenvalue weighted by Gasteiger charge is 2.22. The fraction of sp³-hybridized carbons (Fsp3) is 0.250. The number of nitrogens with zero attached hydrogens (tertiary/aromatic N) is 1. The molecule has 0 aliphatic rings. The molecule has 118 valence electrons. The Balaban J connectivity index is 2.25. The second-order valence-corrected chi connectivity index (χ2v) is 7.09. The maximum Gasteiger partial charge on any atom is 0.243 e. The van der Waals surface area contributed by atoms with Crippen molar-refractivity contribution in [1.82, 2.24) is 4.31 Å². The van der Waals surface area contributed by atoms with E-state index in [0.29, 0.717) is 0 Å². The molecule has 2 rings (SSSR count). The van der Waals surface area contributed by atoms with Crippen LogP contribution in [0.2, 0.25) is 0 Å². The minimum absolute atomic E-state index is 0.0140. The van der Waals surface area contributed by atoms with Gasteiger partial charge in [0.2, 0.25) is 10.0 Å². The summed E-state index contributed by atoms with van der Waals surface area (Å²) < 4.78 is 44.6. The fourth-order valence-electron chi connectivity index (χ4n) is 2.02. The number of halogens is 1. The highest BCUT2D eigenvalue weighted by molar-refractivity contribution is 7.89. The molecular formula is C16H18FNO3S. The molecule has 22 heavy (non-hydrogen) atoms. The first-order valence-corrected chi connectivity index (χ1v) is 8.14. The van der Waals surface area contributed by atoms with E-state index >= 15 is 0 Å². The minimum atomic E-state index is -3.76. The molecule has 0 unspecified atom stereocenters. The summed E-state index contributed by atoms with van der Waals surface area (Å²) in [7, 11) is -0.958. The lowest BCUT2D eigenvalue weighted by Crippen LogP contribution is -2.26. The zero-order valence-corrected chi connectivity index (χ0v) is 13.5. The molecule has 0 aliphatic heterocycles. The van der Waals surface area contributed by atoms with E-state index < -0.39 is 15.8 Å². The number of aryl methyl sites for hydroxylation is 1. The Labute approximate surface area is 130 Å². The topological polar surface area (TPSA) is 46.6 Å². The largest absolute Gasteiger partial charge is 0.494 e. The van der Waals surface area contributed by atoms with Crippen LogP contribution in [-0.2, 0) is 16.6 Å². The zero-order valence-electron chi connectivity index (χ0n) is 12.7. The Morgan fingerprint density at radius 2 is 1.77 bits per heavy atom. The molecule has 0 amide bonds. The van der Waals surface area contributed by atoms with Crippen LogP contribution in [0.1, 0.15) is 11.1 Å². The van der Waals surface area contributed by atoms with E-state index in [0.717, 1.165) is 17.2 Å². The van der Waals surface area contributed by atoms with Crippen molar-refractivity contribution in [3.63, 3.8) is 0 Å². The molecule has 2 aromatic carbocycles. The quantitative estimate of drug-likeness (QED) is 0.850.